The van der Waals surface area contributed by atoms with Gasteiger partial charge < -0.3 is 10.4 Å². The largest absolute Gasteiger partial charge is 0.396 e. The minimum absolute atomic E-state index is 0.218. The van der Waals surface area contributed by atoms with E-state index in [1.165, 1.54) is 10.6 Å². The number of nitrogens with zero attached hydrogens (tertiary/aromatic N) is 1. The number of hydrogen-bond donors (Lipinski definition) is 2. The number of aliphatic hydroxyl groups is 1. The molecule has 21 heavy (non-hydrogen) atoms. The third kappa shape index (κ3) is 4.92. The number of aromatic nitrogens is 1. The second kappa shape index (κ2) is 8.27. The lowest BCUT2D eigenvalue weighted by molar-refractivity contribution is 0.273. The zero-order valence-electron chi connectivity index (χ0n) is 12.7. The number of aliphatic hydroxyl groups excluding tert-OH is 1. The molecule has 0 aliphatic rings. The first-order chi connectivity index (χ1) is 10.2. The van der Waals surface area contributed by atoms with Crippen LogP contribution in [0.25, 0.3) is 0 Å². The van der Waals surface area contributed by atoms with Crippen LogP contribution in [0.4, 0.5) is 0 Å². The SMILES string of the molecule is CC(C)c1nc(CNCC(CCO)c2ccccc2)cs1. The highest BCUT2D eigenvalue weighted by Crippen LogP contribution is 2.20. The van der Waals surface area contributed by atoms with Gasteiger partial charge in [-0.05, 0) is 17.9 Å². The van der Waals surface area contributed by atoms with E-state index in [1.54, 1.807) is 11.3 Å². The third-order valence-corrected chi connectivity index (χ3v) is 4.70. The Balaban J connectivity index is 1.87. The van der Waals surface area contributed by atoms with E-state index in [1.807, 2.05) is 6.07 Å². The molecule has 0 aliphatic carbocycles. The Morgan fingerprint density at radius 2 is 2.00 bits per heavy atom. The van der Waals surface area contributed by atoms with Crippen molar-refractivity contribution < 1.29 is 5.11 Å². The van der Waals surface area contributed by atoms with Crippen molar-refractivity contribution in [1.82, 2.24) is 10.3 Å². The summed E-state index contributed by atoms with van der Waals surface area (Å²) in [7, 11) is 0. The molecule has 1 atom stereocenters. The lowest BCUT2D eigenvalue weighted by Gasteiger charge is -2.16. The molecule has 2 rings (SSSR count). The monoisotopic (exact) mass is 304 g/mol. The Bertz CT molecular complexity index is 525. The van der Waals surface area contributed by atoms with Crippen LogP contribution < -0.4 is 5.32 Å². The van der Waals surface area contributed by atoms with Crippen LogP contribution in [-0.2, 0) is 6.54 Å². The Kier molecular flexibility index (Phi) is 6.36. The molecular weight excluding hydrogens is 280 g/mol. The maximum atomic E-state index is 9.24. The first-order valence-electron chi connectivity index (χ1n) is 7.51. The van der Waals surface area contributed by atoms with E-state index in [2.05, 4.69) is 53.8 Å². The van der Waals surface area contributed by atoms with Crippen molar-refractivity contribution in [2.75, 3.05) is 13.2 Å². The summed E-state index contributed by atoms with van der Waals surface area (Å²) in [6, 6.07) is 10.4. The standard InChI is InChI=1S/C17H24N2OS/c1-13(2)17-19-16(12-21-17)11-18-10-15(8-9-20)14-6-4-3-5-7-14/h3-7,12-13,15,18,20H,8-11H2,1-2H3. The number of hydrogen-bond acceptors (Lipinski definition) is 4. The van der Waals surface area contributed by atoms with Gasteiger partial charge in [0.25, 0.3) is 0 Å². The van der Waals surface area contributed by atoms with Crippen molar-refractivity contribution in [2.45, 2.75) is 38.6 Å². The molecule has 1 heterocycles. The van der Waals surface area contributed by atoms with Crippen LogP contribution in [0.15, 0.2) is 35.7 Å². The summed E-state index contributed by atoms with van der Waals surface area (Å²) < 4.78 is 0. The van der Waals surface area contributed by atoms with Crippen LogP contribution in [-0.4, -0.2) is 23.2 Å². The summed E-state index contributed by atoms with van der Waals surface area (Å²) in [6.45, 7) is 6.21. The lowest BCUT2D eigenvalue weighted by atomic mass is 9.96. The van der Waals surface area contributed by atoms with Crippen LogP contribution >= 0.6 is 11.3 Å². The van der Waals surface area contributed by atoms with Crippen molar-refractivity contribution in [2.24, 2.45) is 0 Å². The second-order valence-electron chi connectivity index (χ2n) is 5.58. The average molecular weight is 304 g/mol. The normalized spacial score (nSPS) is 12.8. The molecular formula is C17H24N2OS. The average Bonchev–Trinajstić information content (AvgIpc) is 2.96. The number of thiazole rings is 1. The zero-order valence-corrected chi connectivity index (χ0v) is 13.6. The molecule has 3 nitrogen and oxygen atoms in total. The summed E-state index contributed by atoms with van der Waals surface area (Å²) in [4.78, 5) is 4.63. The molecule has 0 fully saturated rings. The Morgan fingerprint density at radius 1 is 1.24 bits per heavy atom. The van der Waals surface area contributed by atoms with Gasteiger partial charge in [0.2, 0.25) is 0 Å². The van der Waals surface area contributed by atoms with E-state index in [9.17, 15) is 5.11 Å². The molecule has 2 aromatic rings. The van der Waals surface area contributed by atoms with Gasteiger partial charge in [0, 0.05) is 31.0 Å². The smallest absolute Gasteiger partial charge is 0.0954 e. The summed E-state index contributed by atoms with van der Waals surface area (Å²) in [5.41, 5.74) is 2.39. The molecule has 0 saturated heterocycles. The Labute approximate surface area is 131 Å². The van der Waals surface area contributed by atoms with Gasteiger partial charge in [0.1, 0.15) is 0 Å². The molecule has 0 amide bonds. The maximum absolute atomic E-state index is 9.24. The predicted molar refractivity (Wildman–Crippen MR) is 88.8 cm³/mol. The predicted octanol–water partition coefficient (Wildman–Crippen LogP) is 3.52. The van der Waals surface area contributed by atoms with Gasteiger partial charge >= 0.3 is 0 Å². The van der Waals surface area contributed by atoms with Gasteiger partial charge in [0.15, 0.2) is 0 Å². The van der Waals surface area contributed by atoms with Crippen molar-refractivity contribution in [3.8, 4) is 0 Å². The quantitative estimate of drug-likeness (QED) is 0.784. The van der Waals surface area contributed by atoms with Gasteiger partial charge in [-0.2, -0.15) is 0 Å². The van der Waals surface area contributed by atoms with Gasteiger partial charge in [0.05, 0.1) is 10.7 Å². The van der Waals surface area contributed by atoms with E-state index in [4.69, 9.17) is 0 Å². The topological polar surface area (TPSA) is 45.2 Å². The van der Waals surface area contributed by atoms with Crippen molar-refractivity contribution in [3.63, 3.8) is 0 Å². The second-order valence-corrected chi connectivity index (χ2v) is 6.47. The Morgan fingerprint density at radius 3 is 2.62 bits per heavy atom. The Hall–Kier alpha value is -1.23. The van der Waals surface area contributed by atoms with Crippen LogP contribution in [0.5, 0.6) is 0 Å². The van der Waals surface area contributed by atoms with Gasteiger partial charge in [-0.25, -0.2) is 4.98 Å². The van der Waals surface area contributed by atoms with E-state index >= 15 is 0 Å². The van der Waals surface area contributed by atoms with Crippen molar-refractivity contribution in [3.05, 3.63) is 52.0 Å². The highest BCUT2D eigenvalue weighted by atomic mass is 32.1. The first kappa shape index (κ1) is 16.1. The minimum atomic E-state index is 0.218. The summed E-state index contributed by atoms with van der Waals surface area (Å²) in [6.07, 6.45) is 0.783. The van der Waals surface area contributed by atoms with Crippen LogP contribution in [0, 0.1) is 0 Å². The zero-order chi connectivity index (χ0) is 15.1. The molecule has 1 aromatic heterocycles. The van der Waals surface area contributed by atoms with E-state index in [-0.39, 0.29) is 6.61 Å². The van der Waals surface area contributed by atoms with Crippen LogP contribution in [0.1, 0.15) is 48.4 Å². The summed E-state index contributed by atoms with van der Waals surface area (Å²) in [5.74, 6) is 0.842. The first-order valence-corrected chi connectivity index (χ1v) is 8.39. The highest BCUT2D eigenvalue weighted by molar-refractivity contribution is 7.09. The van der Waals surface area contributed by atoms with Crippen molar-refractivity contribution >= 4 is 11.3 Å². The number of nitrogens with one attached hydrogen (secondary N) is 1. The molecule has 0 saturated carbocycles. The molecule has 0 bridgehead atoms. The van der Waals surface area contributed by atoms with E-state index < -0.39 is 0 Å². The van der Waals surface area contributed by atoms with Crippen LogP contribution in [0.3, 0.4) is 0 Å². The molecule has 0 spiro atoms. The van der Waals surface area contributed by atoms with E-state index in [0.29, 0.717) is 11.8 Å². The fourth-order valence-electron chi connectivity index (χ4n) is 2.31. The molecule has 2 N–H and O–H groups in total. The number of rotatable bonds is 8. The van der Waals surface area contributed by atoms with Gasteiger partial charge in [-0.15, -0.1) is 11.3 Å². The maximum Gasteiger partial charge on any atom is 0.0954 e. The minimum Gasteiger partial charge on any atom is -0.396 e. The molecule has 0 radical (unpaired) electrons. The van der Waals surface area contributed by atoms with Gasteiger partial charge in [-0.3, -0.25) is 0 Å². The lowest BCUT2D eigenvalue weighted by Crippen LogP contribution is -2.22. The third-order valence-electron chi connectivity index (χ3n) is 3.51. The highest BCUT2D eigenvalue weighted by Gasteiger charge is 2.11. The molecule has 1 unspecified atom stereocenters. The molecule has 114 valence electrons. The molecule has 0 aliphatic heterocycles. The van der Waals surface area contributed by atoms with E-state index in [0.717, 1.165) is 25.2 Å². The van der Waals surface area contributed by atoms with Crippen molar-refractivity contribution in [1.29, 1.82) is 0 Å². The molecule has 1 aromatic carbocycles. The molecule has 4 heteroatoms. The number of benzene rings is 1. The van der Waals surface area contributed by atoms with Crippen LogP contribution in [0.2, 0.25) is 0 Å². The fraction of sp³-hybridized carbons (Fsp3) is 0.471. The fourth-order valence-corrected chi connectivity index (χ4v) is 3.15. The summed E-state index contributed by atoms with van der Waals surface area (Å²) >= 11 is 1.73. The summed E-state index contributed by atoms with van der Waals surface area (Å²) in [5, 5.41) is 16.0. The van der Waals surface area contributed by atoms with Gasteiger partial charge in [-0.1, -0.05) is 44.2 Å².